The highest BCUT2D eigenvalue weighted by molar-refractivity contribution is 6.94. The summed E-state index contributed by atoms with van der Waals surface area (Å²) in [7, 11) is 0. The topological polar surface area (TPSA) is 34.5 Å². The molecule has 5 heterocycles. The van der Waals surface area contributed by atoms with E-state index in [9.17, 15) is 0 Å². The number of nitrogens with zero attached hydrogens (tertiary/aromatic N) is 2. The van der Waals surface area contributed by atoms with Crippen molar-refractivity contribution in [3.63, 3.8) is 0 Å². The second kappa shape index (κ2) is 11.9. The van der Waals surface area contributed by atoms with Crippen LogP contribution in [-0.2, 0) is 21.7 Å². The number of hydrogen-bond donors (Lipinski definition) is 0. The molecule has 0 radical (unpaired) electrons. The molecule has 2 aliphatic heterocycles. The van der Waals surface area contributed by atoms with Crippen LogP contribution in [0.1, 0.15) is 104 Å². The quantitative estimate of drug-likeness (QED) is 0.155. The van der Waals surface area contributed by atoms with Crippen molar-refractivity contribution in [1.29, 1.82) is 0 Å². The van der Waals surface area contributed by atoms with Crippen LogP contribution in [0.15, 0.2) is 124 Å². The highest BCUT2D eigenvalue weighted by atomic mass is 16.3. The lowest BCUT2D eigenvalue weighted by atomic mass is 9.43. The van der Waals surface area contributed by atoms with Gasteiger partial charge in [0.05, 0.1) is 16.4 Å². The largest absolute Gasteiger partial charge is 0.456 e. The van der Waals surface area contributed by atoms with Crippen LogP contribution in [0.4, 0.5) is 11.4 Å². The van der Waals surface area contributed by atoms with Gasteiger partial charge in [-0.2, -0.15) is 0 Å². The third-order valence-corrected chi connectivity index (χ3v) is 15.5. The predicted molar refractivity (Wildman–Crippen MR) is 267 cm³/mol. The van der Waals surface area contributed by atoms with Gasteiger partial charge in [0.15, 0.2) is 0 Å². The molecule has 63 heavy (non-hydrogen) atoms. The van der Waals surface area contributed by atoms with Gasteiger partial charge in [-0.1, -0.05) is 130 Å². The lowest BCUT2D eigenvalue weighted by molar-refractivity contribution is 0.332. The maximum Gasteiger partial charge on any atom is 0.333 e. The van der Waals surface area contributed by atoms with Crippen LogP contribution in [0.3, 0.4) is 0 Å². The molecule has 0 unspecified atom stereocenters. The number of hydrogen-bond acceptors (Lipinski definition) is 3. The van der Waals surface area contributed by atoms with Gasteiger partial charge in [-0.05, 0) is 128 Å². The highest BCUT2D eigenvalue weighted by Crippen LogP contribution is 2.54. The standard InChI is InChI=1S/C58H53BN2O2/c1-55(2,3)32-19-22-34(23-20-32)61-45-29-37-35-15-11-13-17-46(35)62-48(37)30-39(45)49-50-36-16-12-14-18-47(36)63-54(50)51-38-28-40-41(58(9,10)26-25-57(40,7)8)31-44(38)60-43-24-21-33(56(4,5)6)27-42(43)59(61)52(49)53(51)60/h11-24,27-31H,25-26H2,1-10H3. The number of rotatable bonds is 1. The first-order valence-electron chi connectivity index (χ1n) is 23.0. The summed E-state index contributed by atoms with van der Waals surface area (Å²) >= 11 is 0. The van der Waals surface area contributed by atoms with Gasteiger partial charge in [-0.3, -0.25) is 0 Å². The maximum atomic E-state index is 7.26. The van der Waals surface area contributed by atoms with Crippen molar-refractivity contribution in [1.82, 2.24) is 4.57 Å². The Hall–Kier alpha value is -6.20. The number of furan rings is 2. The molecule has 310 valence electrons. The molecule has 5 heteroatoms. The minimum atomic E-state index is -0.138. The Morgan fingerprint density at radius 2 is 1.19 bits per heavy atom. The normalized spacial score (nSPS) is 16.5. The maximum absolute atomic E-state index is 7.26. The summed E-state index contributed by atoms with van der Waals surface area (Å²) in [5.41, 5.74) is 20.5. The molecule has 3 aromatic heterocycles. The van der Waals surface area contributed by atoms with E-state index < -0.39 is 0 Å². The Morgan fingerprint density at radius 3 is 1.89 bits per heavy atom. The van der Waals surface area contributed by atoms with E-state index in [0.717, 1.165) is 51.3 Å². The van der Waals surface area contributed by atoms with Crippen molar-refractivity contribution in [3.8, 4) is 16.8 Å². The van der Waals surface area contributed by atoms with Crippen LogP contribution in [-0.4, -0.2) is 11.4 Å². The average Bonchev–Trinajstić information content (AvgIpc) is 3.92. The molecule has 0 atom stereocenters. The van der Waals surface area contributed by atoms with E-state index in [0.29, 0.717) is 0 Å². The molecule has 0 saturated heterocycles. The van der Waals surface area contributed by atoms with Gasteiger partial charge in [0, 0.05) is 49.6 Å². The van der Waals surface area contributed by atoms with E-state index in [1.807, 2.05) is 0 Å². The Bertz CT molecular complexity index is 3650. The summed E-state index contributed by atoms with van der Waals surface area (Å²) in [5, 5.41) is 7.07. The minimum Gasteiger partial charge on any atom is -0.456 e. The van der Waals surface area contributed by atoms with Crippen LogP contribution >= 0.6 is 0 Å². The van der Waals surface area contributed by atoms with Gasteiger partial charge < -0.3 is 18.2 Å². The van der Waals surface area contributed by atoms with Gasteiger partial charge in [0.1, 0.15) is 22.3 Å². The van der Waals surface area contributed by atoms with Gasteiger partial charge in [0.25, 0.3) is 0 Å². The fourth-order valence-corrected chi connectivity index (χ4v) is 11.9. The number of benzene rings is 7. The lowest BCUT2D eigenvalue weighted by Crippen LogP contribution is -2.60. The van der Waals surface area contributed by atoms with Crippen LogP contribution in [0, 0.1) is 0 Å². The third kappa shape index (κ3) is 4.89. The molecule has 0 amide bonds. The number of para-hydroxylation sites is 2. The van der Waals surface area contributed by atoms with E-state index in [4.69, 9.17) is 8.83 Å². The van der Waals surface area contributed by atoms with E-state index in [1.54, 1.807) is 0 Å². The fraction of sp³-hybridized carbons (Fsp3) is 0.276. The van der Waals surface area contributed by atoms with Crippen molar-refractivity contribution in [2.45, 2.75) is 104 Å². The SMILES string of the molecule is CC(C)(C)c1ccc(N2B3c4cc(C(C)(C)C)ccc4-n4c5cc6c(cc5c5c7oc8ccccc8c7c(c3c54)-c3cc4oc5ccccc5c4cc32)C(C)(C)CCC6(C)C)cc1. The van der Waals surface area contributed by atoms with E-state index in [1.165, 1.54) is 88.6 Å². The van der Waals surface area contributed by atoms with E-state index in [2.05, 4.69) is 194 Å². The van der Waals surface area contributed by atoms with Crippen LogP contribution in [0.25, 0.3) is 82.5 Å². The van der Waals surface area contributed by atoms with Gasteiger partial charge >= 0.3 is 6.85 Å². The molecule has 0 spiro atoms. The molecule has 13 rings (SSSR count). The molecule has 0 fully saturated rings. The molecule has 1 aliphatic carbocycles. The molecule has 10 aromatic rings. The minimum absolute atomic E-state index is 0.0230. The summed E-state index contributed by atoms with van der Waals surface area (Å²) < 4.78 is 16.7. The monoisotopic (exact) mass is 820 g/mol. The summed E-state index contributed by atoms with van der Waals surface area (Å²) in [6, 6.07) is 43.9. The Balaban J connectivity index is 1.29. The predicted octanol–water partition coefficient (Wildman–Crippen LogP) is 14.8. The van der Waals surface area contributed by atoms with Crippen molar-refractivity contribution in [2.75, 3.05) is 4.81 Å². The first kappa shape index (κ1) is 37.4. The van der Waals surface area contributed by atoms with Crippen molar-refractivity contribution in [2.24, 2.45) is 0 Å². The van der Waals surface area contributed by atoms with Crippen molar-refractivity contribution < 1.29 is 8.83 Å². The molecule has 4 nitrogen and oxygen atoms in total. The molecule has 3 aliphatic rings. The first-order chi connectivity index (χ1) is 30.0. The number of aromatic nitrogens is 1. The Kier molecular flexibility index (Phi) is 7.04. The zero-order valence-corrected chi connectivity index (χ0v) is 38.2. The van der Waals surface area contributed by atoms with Gasteiger partial charge in [0.2, 0.25) is 0 Å². The average molecular weight is 821 g/mol. The Labute approximate surface area is 369 Å². The smallest absolute Gasteiger partial charge is 0.333 e. The Morgan fingerprint density at radius 1 is 0.556 bits per heavy atom. The zero-order chi connectivity index (χ0) is 43.3. The van der Waals surface area contributed by atoms with Crippen LogP contribution < -0.4 is 15.7 Å². The number of anilines is 2. The van der Waals surface area contributed by atoms with Crippen LogP contribution in [0.2, 0.25) is 0 Å². The van der Waals surface area contributed by atoms with Crippen molar-refractivity contribution >= 4 is 94.8 Å². The van der Waals surface area contributed by atoms with Gasteiger partial charge in [-0.25, -0.2) is 0 Å². The molecule has 0 bridgehead atoms. The second-order valence-corrected chi connectivity index (χ2v) is 22.4. The van der Waals surface area contributed by atoms with Crippen LogP contribution in [0.5, 0.6) is 0 Å². The summed E-state index contributed by atoms with van der Waals surface area (Å²) in [6.45, 7) is 23.6. The summed E-state index contributed by atoms with van der Waals surface area (Å²) in [5.74, 6) is 0. The van der Waals surface area contributed by atoms with E-state index in [-0.39, 0.29) is 28.5 Å². The fourth-order valence-electron chi connectivity index (χ4n) is 11.9. The molecular weight excluding hydrogens is 767 g/mol. The van der Waals surface area contributed by atoms with E-state index >= 15 is 0 Å². The second-order valence-electron chi connectivity index (χ2n) is 22.4. The molecule has 0 N–H and O–H groups in total. The number of fused-ring (bicyclic) bond motifs is 17. The molecular formula is C58H53BN2O2. The van der Waals surface area contributed by atoms with Gasteiger partial charge in [-0.15, -0.1) is 0 Å². The third-order valence-electron chi connectivity index (χ3n) is 15.5. The van der Waals surface area contributed by atoms with Crippen molar-refractivity contribution in [3.05, 3.63) is 138 Å². The lowest BCUT2D eigenvalue weighted by Gasteiger charge is -2.43. The zero-order valence-electron chi connectivity index (χ0n) is 38.2. The highest BCUT2D eigenvalue weighted by Gasteiger charge is 2.47. The molecule has 7 aromatic carbocycles. The summed E-state index contributed by atoms with van der Waals surface area (Å²) in [6.07, 6.45) is 2.31. The molecule has 0 saturated carbocycles. The summed E-state index contributed by atoms with van der Waals surface area (Å²) in [4.78, 5) is 2.67. The first-order valence-corrected chi connectivity index (χ1v) is 23.0.